The van der Waals surface area contributed by atoms with Crippen LogP contribution in [0, 0.1) is 6.92 Å². The van der Waals surface area contributed by atoms with Crippen molar-refractivity contribution in [3.05, 3.63) is 53.6 Å². The predicted octanol–water partition coefficient (Wildman–Crippen LogP) is 3.58. The van der Waals surface area contributed by atoms with E-state index < -0.39 is 0 Å². The fourth-order valence-electron chi connectivity index (χ4n) is 5.14. The molecule has 2 saturated heterocycles. The van der Waals surface area contributed by atoms with E-state index in [1.54, 1.807) is 11.0 Å². The summed E-state index contributed by atoms with van der Waals surface area (Å²) in [5.41, 5.74) is 3.97. The number of anilines is 3. The van der Waals surface area contributed by atoms with E-state index in [4.69, 9.17) is 0 Å². The number of nitrogens with one attached hydrogen (secondary N) is 1. The van der Waals surface area contributed by atoms with Crippen molar-refractivity contribution < 1.29 is 14.4 Å². The molecule has 0 radical (unpaired) electrons. The molecule has 33 heavy (non-hydrogen) atoms. The van der Waals surface area contributed by atoms with Crippen molar-refractivity contribution in [2.75, 3.05) is 41.3 Å². The monoisotopic (exact) mass is 446 g/mol. The zero-order valence-corrected chi connectivity index (χ0v) is 19.0. The average molecular weight is 447 g/mol. The van der Waals surface area contributed by atoms with E-state index in [-0.39, 0.29) is 30.3 Å². The van der Waals surface area contributed by atoms with Crippen LogP contribution < -0.4 is 15.1 Å². The fourth-order valence-corrected chi connectivity index (χ4v) is 5.14. The molecule has 0 aliphatic carbocycles. The Bertz CT molecular complexity index is 1080. The Kier molecular flexibility index (Phi) is 5.79. The number of carbonyl (C=O) groups is 3. The van der Waals surface area contributed by atoms with E-state index in [0.29, 0.717) is 16.9 Å². The quantitative estimate of drug-likeness (QED) is 0.779. The van der Waals surface area contributed by atoms with Crippen LogP contribution in [0.1, 0.15) is 48.0 Å². The molecule has 0 aromatic heterocycles. The van der Waals surface area contributed by atoms with Gasteiger partial charge in [0.2, 0.25) is 11.8 Å². The van der Waals surface area contributed by atoms with Gasteiger partial charge in [0.1, 0.15) is 12.6 Å². The van der Waals surface area contributed by atoms with Crippen LogP contribution in [0.25, 0.3) is 0 Å². The molecule has 1 atom stereocenters. The molecule has 7 nitrogen and oxygen atoms in total. The SMILES string of the molecule is Cc1ccc(NC(=O)CN2C(=O)[C@@H]3CCCCN3c3ccc(C(=O)N4CCCC4)cc32)cc1. The normalized spacial score (nSPS) is 19.8. The molecule has 0 unspecified atom stereocenters. The molecule has 3 amide bonds. The van der Waals surface area contributed by atoms with Crippen molar-refractivity contribution in [1.29, 1.82) is 0 Å². The lowest BCUT2D eigenvalue weighted by Gasteiger charge is -2.45. The maximum absolute atomic E-state index is 13.5. The van der Waals surface area contributed by atoms with Crippen molar-refractivity contribution in [1.82, 2.24) is 4.90 Å². The summed E-state index contributed by atoms with van der Waals surface area (Å²) in [6.45, 7) is 4.26. The lowest BCUT2D eigenvalue weighted by atomic mass is 9.95. The van der Waals surface area contributed by atoms with Crippen LogP contribution in [0.4, 0.5) is 17.1 Å². The number of piperidine rings is 1. The van der Waals surface area contributed by atoms with Gasteiger partial charge in [-0.2, -0.15) is 0 Å². The van der Waals surface area contributed by atoms with Crippen molar-refractivity contribution in [3.8, 4) is 0 Å². The lowest BCUT2D eigenvalue weighted by Crippen LogP contribution is -2.56. The van der Waals surface area contributed by atoms with Crippen LogP contribution in [0.5, 0.6) is 0 Å². The number of benzene rings is 2. The first-order valence-corrected chi connectivity index (χ1v) is 11.9. The zero-order valence-electron chi connectivity index (χ0n) is 19.0. The Hall–Kier alpha value is -3.35. The predicted molar refractivity (Wildman–Crippen MR) is 129 cm³/mol. The summed E-state index contributed by atoms with van der Waals surface area (Å²) in [7, 11) is 0. The molecule has 1 N–H and O–H groups in total. The van der Waals surface area contributed by atoms with E-state index in [2.05, 4.69) is 10.2 Å². The molecule has 3 heterocycles. The number of likely N-dealkylation sites (tertiary alicyclic amines) is 1. The van der Waals surface area contributed by atoms with E-state index in [0.717, 1.165) is 63.0 Å². The molecule has 172 valence electrons. The van der Waals surface area contributed by atoms with Gasteiger partial charge in [0, 0.05) is 30.9 Å². The highest BCUT2D eigenvalue weighted by Crippen LogP contribution is 2.40. The second kappa shape index (κ2) is 8.89. The third-order valence-electron chi connectivity index (χ3n) is 6.91. The summed E-state index contributed by atoms with van der Waals surface area (Å²) in [6, 6.07) is 13.0. The molecule has 2 aromatic carbocycles. The van der Waals surface area contributed by atoms with Gasteiger partial charge in [-0.15, -0.1) is 0 Å². The largest absolute Gasteiger partial charge is 0.358 e. The first kappa shape index (κ1) is 21.5. The third-order valence-corrected chi connectivity index (χ3v) is 6.91. The van der Waals surface area contributed by atoms with Crippen molar-refractivity contribution in [3.63, 3.8) is 0 Å². The summed E-state index contributed by atoms with van der Waals surface area (Å²) in [6.07, 6.45) is 4.86. The van der Waals surface area contributed by atoms with E-state index in [1.807, 2.05) is 48.2 Å². The van der Waals surface area contributed by atoms with Gasteiger partial charge in [0.15, 0.2) is 0 Å². The minimum Gasteiger partial charge on any atom is -0.358 e. The first-order valence-electron chi connectivity index (χ1n) is 11.9. The molecular formula is C26H30N4O3. The number of aryl methyl sites for hydroxylation is 1. The smallest absolute Gasteiger partial charge is 0.253 e. The molecule has 7 heteroatoms. The molecule has 3 aliphatic heterocycles. The molecule has 0 spiro atoms. The second-order valence-corrected chi connectivity index (χ2v) is 9.25. The highest BCUT2D eigenvalue weighted by Gasteiger charge is 2.40. The van der Waals surface area contributed by atoms with Crippen LogP contribution in [-0.4, -0.2) is 54.8 Å². The number of hydrogen-bond donors (Lipinski definition) is 1. The fraction of sp³-hybridized carbons (Fsp3) is 0.423. The molecule has 5 rings (SSSR count). The first-order chi connectivity index (χ1) is 16.0. The number of nitrogens with zero attached hydrogens (tertiary/aromatic N) is 3. The lowest BCUT2D eigenvalue weighted by molar-refractivity contribution is -0.123. The van der Waals surface area contributed by atoms with Gasteiger partial charge in [-0.3, -0.25) is 19.3 Å². The van der Waals surface area contributed by atoms with Crippen molar-refractivity contribution in [2.24, 2.45) is 0 Å². The molecular weight excluding hydrogens is 416 g/mol. The van der Waals surface area contributed by atoms with Gasteiger partial charge in [0.25, 0.3) is 5.91 Å². The highest BCUT2D eigenvalue weighted by molar-refractivity contribution is 6.11. The summed E-state index contributed by atoms with van der Waals surface area (Å²) in [5, 5.41) is 2.90. The second-order valence-electron chi connectivity index (χ2n) is 9.25. The number of fused-ring (bicyclic) bond motifs is 3. The Morgan fingerprint density at radius 2 is 1.67 bits per heavy atom. The standard InChI is InChI=1S/C26H30N4O3/c1-18-7-10-20(11-8-18)27-24(31)17-30-23-16-19(25(32)28-13-4-5-14-28)9-12-21(23)29-15-3-2-6-22(29)26(30)33/h7-12,16,22H,2-6,13-15,17H2,1H3,(H,27,31)/t22-/m0/s1. The molecule has 2 fully saturated rings. The Morgan fingerprint density at radius 3 is 2.42 bits per heavy atom. The van der Waals surface area contributed by atoms with Crippen LogP contribution in [-0.2, 0) is 9.59 Å². The average Bonchev–Trinajstić information content (AvgIpc) is 3.37. The summed E-state index contributed by atoms with van der Waals surface area (Å²) < 4.78 is 0. The Labute approximate surface area is 194 Å². The maximum Gasteiger partial charge on any atom is 0.253 e. The van der Waals surface area contributed by atoms with Crippen LogP contribution >= 0.6 is 0 Å². The zero-order chi connectivity index (χ0) is 22.9. The van der Waals surface area contributed by atoms with Gasteiger partial charge in [-0.05, 0) is 69.4 Å². The number of hydrogen-bond acceptors (Lipinski definition) is 4. The van der Waals surface area contributed by atoms with Crippen LogP contribution in [0.15, 0.2) is 42.5 Å². The number of amides is 3. The maximum atomic E-state index is 13.5. The summed E-state index contributed by atoms with van der Waals surface area (Å²) >= 11 is 0. The summed E-state index contributed by atoms with van der Waals surface area (Å²) in [4.78, 5) is 45.0. The van der Waals surface area contributed by atoms with Gasteiger partial charge < -0.3 is 15.1 Å². The minimum atomic E-state index is -0.251. The van der Waals surface area contributed by atoms with Crippen molar-refractivity contribution in [2.45, 2.75) is 45.1 Å². The van der Waals surface area contributed by atoms with E-state index >= 15 is 0 Å². The topological polar surface area (TPSA) is 73.0 Å². The van der Waals surface area contributed by atoms with Crippen LogP contribution in [0.2, 0.25) is 0 Å². The molecule has 0 bridgehead atoms. The Balaban J connectivity index is 1.45. The molecule has 0 saturated carbocycles. The highest BCUT2D eigenvalue weighted by atomic mass is 16.2. The molecule has 3 aliphatic rings. The van der Waals surface area contributed by atoms with Gasteiger partial charge in [-0.1, -0.05) is 17.7 Å². The summed E-state index contributed by atoms with van der Waals surface area (Å²) in [5.74, 6) is -0.321. The van der Waals surface area contributed by atoms with Gasteiger partial charge in [0.05, 0.1) is 11.4 Å². The van der Waals surface area contributed by atoms with Crippen LogP contribution in [0.3, 0.4) is 0 Å². The van der Waals surface area contributed by atoms with Gasteiger partial charge >= 0.3 is 0 Å². The number of carbonyl (C=O) groups excluding carboxylic acids is 3. The minimum absolute atomic E-state index is 0.00688. The molecule has 2 aromatic rings. The number of rotatable bonds is 4. The van der Waals surface area contributed by atoms with E-state index in [9.17, 15) is 14.4 Å². The third kappa shape index (κ3) is 4.19. The van der Waals surface area contributed by atoms with Crippen molar-refractivity contribution >= 4 is 34.8 Å². The van der Waals surface area contributed by atoms with Gasteiger partial charge in [-0.25, -0.2) is 0 Å². The Morgan fingerprint density at radius 1 is 0.939 bits per heavy atom. The van der Waals surface area contributed by atoms with E-state index in [1.165, 1.54) is 0 Å².